The third-order valence-corrected chi connectivity index (χ3v) is 8.47. The molecule has 160 valence electrons. The zero-order valence-corrected chi connectivity index (χ0v) is 18.6. The van der Waals surface area contributed by atoms with E-state index in [0.29, 0.717) is 19.0 Å². The van der Waals surface area contributed by atoms with Gasteiger partial charge in [-0.1, -0.05) is 12.1 Å². The van der Waals surface area contributed by atoms with Gasteiger partial charge in [-0.05, 0) is 36.5 Å². The van der Waals surface area contributed by atoms with E-state index >= 15 is 0 Å². The van der Waals surface area contributed by atoms with Crippen LogP contribution in [0.15, 0.2) is 30.5 Å². The molecule has 0 spiro atoms. The topological polar surface area (TPSA) is 87.2 Å². The highest BCUT2D eigenvalue weighted by molar-refractivity contribution is 7.99. The number of aromatic nitrogens is 4. The normalized spacial score (nSPS) is 19.3. The minimum absolute atomic E-state index is 0.691. The van der Waals surface area contributed by atoms with Gasteiger partial charge in [-0.25, -0.2) is 9.97 Å². The van der Waals surface area contributed by atoms with E-state index in [0.717, 1.165) is 74.8 Å². The quantitative estimate of drug-likeness (QED) is 0.488. The molecule has 6 rings (SSSR count). The molecule has 3 aromatic heterocycles. The van der Waals surface area contributed by atoms with Gasteiger partial charge in [0.05, 0.1) is 35.1 Å². The molecule has 0 unspecified atom stereocenters. The average Bonchev–Trinajstić information content (AvgIpc) is 3.47. The molecule has 9 heteroatoms. The number of hydrogen-bond donors (Lipinski definition) is 2. The number of nitrogens with one attached hydrogen (secondary N) is 1. The van der Waals surface area contributed by atoms with E-state index in [1.807, 2.05) is 36.2 Å². The summed E-state index contributed by atoms with van der Waals surface area (Å²) in [5.41, 5.74) is 2.07. The van der Waals surface area contributed by atoms with Gasteiger partial charge in [-0.15, -0.1) is 11.3 Å². The standard InChI is InChI=1S/C22H23N5O2S2/c28-22(4-10-30-11-5-22)18-12-17-19(31-18)21(27-6-8-29-9-7-27)25-20(24-17)14-2-1-3-16-15(14)13-23-26-16/h1-3,12-13,28H,4-11H2,(H,23,26). The Morgan fingerprint density at radius 1 is 1.13 bits per heavy atom. The molecule has 2 saturated heterocycles. The summed E-state index contributed by atoms with van der Waals surface area (Å²) in [6.45, 7) is 2.99. The Bertz CT molecular complexity index is 1240. The summed E-state index contributed by atoms with van der Waals surface area (Å²) < 4.78 is 6.62. The molecule has 2 N–H and O–H groups in total. The van der Waals surface area contributed by atoms with Crippen LogP contribution >= 0.6 is 23.1 Å². The molecule has 5 heterocycles. The molecular weight excluding hydrogens is 430 g/mol. The first kappa shape index (κ1) is 19.5. The zero-order valence-electron chi connectivity index (χ0n) is 17.0. The van der Waals surface area contributed by atoms with Gasteiger partial charge in [0.2, 0.25) is 0 Å². The van der Waals surface area contributed by atoms with Gasteiger partial charge in [0.25, 0.3) is 0 Å². The summed E-state index contributed by atoms with van der Waals surface area (Å²) in [6.07, 6.45) is 3.39. The van der Waals surface area contributed by atoms with Crippen LogP contribution in [0.5, 0.6) is 0 Å². The summed E-state index contributed by atoms with van der Waals surface area (Å²) >= 11 is 3.56. The van der Waals surface area contributed by atoms with Gasteiger partial charge in [-0.2, -0.15) is 16.9 Å². The summed E-state index contributed by atoms with van der Waals surface area (Å²) in [5, 5.41) is 19.6. The zero-order chi connectivity index (χ0) is 20.8. The Hall–Kier alpha value is -2.20. The molecule has 0 aliphatic carbocycles. The smallest absolute Gasteiger partial charge is 0.162 e. The van der Waals surface area contributed by atoms with Crippen LogP contribution in [0, 0.1) is 0 Å². The van der Waals surface area contributed by atoms with E-state index in [1.165, 1.54) is 0 Å². The lowest BCUT2D eigenvalue weighted by molar-refractivity contribution is 0.0319. The number of H-pyrrole nitrogens is 1. The highest BCUT2D eigenvalue weighted by Gasteiger charge is 2.34. The fourth-order valence-electron chi connectivity index (χ4n) is 4.37. The summed E-state index contributed by atoms with van der Waals surface area (Å²) in [7, 11) is 0. The summed E-state index contributed by atoms with van der Waals surface area (Å²) in [4.78, 5) is 13.3. The molecule has 2 fully saturated rings. The van der Waals surface area contributed by atoms with E-state index in [-0.39, 0.29) is 0 Å². The van der Waals surface area contributed by atoms with Crippen LogP contribution in [-0.2, 0) is 10.3 Å². The predicted octanol–water partition coefficient (Wildman–Crippen LogP) is 3.79. The van der Waals surface area contributed by atoms with Crippen molar-refractivity contribution in [3.63, 3.8) is 0 Å². The maximum absolute atomic E-state index is 11.3. The minimum atomic E-state index is -0.760. The summed E-state index contributed by atoms with van der Waals surface area (Å²) in [5.74, 6) is 3.60. The van der Waals surface area contributed by atoms with E-state index in [9.17, 15) is 5.11 Å². The number of nitrogens with zero attached hydrogens (tertiary/aromatic N) is 4. The van der Waals surface area contributed by atoms with Crippen molar-refractivity contribution in [3.8, 4) is 11.4 Å². The number of thioether (sulfide) groups is 1. The van der Waals surface area contributed by atoms with Crippen molar-refractivity contribution in [2.45, 2.75) is 18.4 Å². The van der Waals surface area contributed by atoms with Crippen LogP contribution in [0.2, 0.25) is 0 Å². The van der Waals surface area contributed by atoms with Crippen molar-refractivity contribution in [1.29, 1.82) is 0 Å². The van der Waals surface area contributed by atoms with Gasteiger partial charge in [0.1, 0.15) is 5.60 Å². The number of morpholine rings is 1. The third kappa shape index (κ3) is 3.40. The Balaban J connectivity index is 1.54. The van der Waals surface area contributed by atoms with E-state index in [2.05, 4.69) is 21.2 Å². The van der Waals surface area contributed by atoms with Crippen LogP contribution in [0.1, 0.15) is 17.7 Å². The number of thiophene rings is 1. The highest BCUT2D eigenvalue weighted by Crippen LogP contribution is 2.43. The van der Waals surface area contributed by atoms with Crippen molar-refractivity contribution in [3.05, 3.63) is 35.3 Å². The number of rotatable bonds is 3. The fourth-order valence-corrected chi connectivity index (χ4v) is 6.80. The monoisotopic (exact) mass is 453 g/mol. The lowest BCUT2D eigenvalue weighted by Gasteiger charge is -2.30. The Morgan fingerprint density at radius 2 is 1.97 bits per heavy atom. The SMILES string of the molecule is OC1(c2cc3nc(-c4cccc5[nH]ncc45)nc(N4CCOCC4)c3s2)CCSCC1. The van der Waals surface area contributed by atoms with Crippen LogP contribution in [0.3, 0.4) is 0 Å². The van der Waals surface area contributed by atoms with E-state index < -0.39 is 5.60 Å². The molecule has 2 aliphatic rings. The maximum Gasteiger partial charge on any atom is 0.162 e. The lowest BCUT2D eigenvalue weighted by Crippen LogP contribution is -2.36. The van der Waals surface area contributed by atoms with Crippen molar-refractivity contribution in [2.75, 3.05) is 42.7 Å². The number of aromatic amines is 1. The first-order valence-corrected chi connectivity index (χ1v) is 12.6. The molecule has 0 atom stereocenters. The third-order valence-electron chi connectivity index (χ3n) is 6.17. The first-order chi connectivity index (χ1) is 15.2. The van der Waals surface area contributed by atoms with Gasteiger partial charge < -0.3 is 14.7 Å². The van der Waals surface area contributed by atoms with Gasteiger partial charge in [0.15, 0.2) is 11.6 Å². The molecule has 0 amide bonds. The number of ether oxygens (including phenoxy) is 1. The van der Waals surface area contributed by atoms with E-state index in [1.54, 1.807) is 11.3 Å². The largest absolute Gasteiger partial charge is 0.384 e. The molecule has 7 nitrogen and oxygen atoms in total. The highest BCUT2D eigenvalue weighted by atomic mass is 32.2. The fraction of sp³-hybridized carbons (Fsp3) is 0.409. The second kappa shape index (κ2) is 7.74. The molecule has 2 aliphatic heterocycles. The summed E-state index contributed by atoms with van der Waals surface area (Å²) in [6, 6.07) is 8.13. The Kier molecular flexibility index (Phi) is 4.86. The minimum Gasteiger partial charge on any atom is -0.384 e. The van der Waals surface area contributed by atoms with Gasteiger partial charge in [-0.3, -0.25) is 5.10 Å². The van der Waals surface area contributed by atoms with Crippen molar-refractivity contribution >= 4 is 50.0 Å². The molecular formula is C22H23N5O2S2. The number of anilines is 1. The number of hydrogen-bond acceptors (Lipinski definition) is 8. The second-order valence-electron chi connectivity index (χ2n) is 8.08. The lowest BCUT2D eigenvalue weighted by atomic mass is 9.95. The number of aliphatic hydroxyl groups is 1. The van der Waals surface area contributed by atoms with Crippen LogP contribution < -0.4 is 4.90 Å². The second-order valence-corrected chi connectivity index (χ2v) is 10.4. The first-order valence-electron chi connectivity index (χ1n) is 10.6. The number of fused-ring (bicyclic) bond motifs is 2. The van der Waals surface area contributed by atoms with Gasteiger partial charge in [0, 0.05) is 28.9 Å². The maximum atomic E-state index is 11.3. The molecule has 0 saturated carbocycles. The molecule has 1 aromatic carbocycles. The molecule has 0 bridgehead atoms. The molecule has 31 heavy (non-hydrogen) atoms. The average molecular weight is 454 g/mol. The van der Waals surface area contributed by atoms with Crippen molar-refractivity contribution in [2.24, 2.45) is 0 Å². The number of benzene rings is 1. The molecule has 0 radical (unpaired) electrons. The van der Waals surface area contributed by atoms with Crippen LogP contribution in [0.4, 0.5) is 5.82 Å². The van der Waals surface area contributed by atoms with Crippen molar-refractivity contribution in [1.82, 2.24) is 20.2 Å². The Labute approximate surface area is 187 Å². The van der Waals surface area contributed by atoms with E-state index in [4.69, 9.17) is 14.7 Å². The predicted molar refractivity (Wildman–Crippen MR) is 126 cm³/mol. The van der Waals surface area contributed by atoms with Crippen molar-refractivity contribution < 1.29 is 9.84 Å². The van der Waals surface area contributed by atoms with Gasteiger partial charge >= 0.3 is 0 Å². The Morgan fingerprint density at radius 3 is 2.81 bits per heavy atom. The van der Waals surface area contributed by atoms with Crippen LogP contribution in [-0.4, -0.2) is 63.1 Å². The van der Waals surface area contributed by atoms with Crippen LogP contribution in [0.25, 0.3) is 32.5 Å². The molecule has 4 aromatic rings.